The fraction of sp³-hybridized carbons (Fsp3) is 0.109. The highest BCUT2D eigenvalue weighted by Crippen LogP contribution is 2.54. The zero-order valence-corrected chi connectivity index (χ0v) is 32.2. The number of nitrogens with zero attached hydrogens (tertiary/aromatic N) is 1. The van der Waals surface area contributed by atoms with Crippen molar-refractivity contribution in [2.75, 3.05) is 0 Å². The molecule has 1 heteroatoms. The molecule has 2 aliphatic carbocycles. The molecule has 266 valence electrons. The quantitative estimate of drug-likeness (QED) is 0.165. The Balaban J connectivity index is 1.06. The predicted molar refractivity (Wildman–Crippen MR) is 236 cm³/mol. The summed E-state index contributed by atoms with van der Waals surface area (Å²) in [7, 11) is 0. The van der Waals surface area contributed by atoms with E-state index in [1.54, 1.807) is 0 Å². The van der Waals surface area contributed by atoms with Gasteiger partial charge in [0.25, 0.3) is 0 Å². The fourth-order valence-electron chi connectivity index (χ4n) is 10.0. The molecule has 0 saturated heterocycles. The van der Waals surface area contributed by atoms with Crippen LogP contribution >= 0.6 is 0 Å². The monoisotopic (exact) mass is 715 g/mol. The van der Waals surface area contributed by atoms with Gasteiger partial charge in [0.15, 0.2) is 0 Å². The van der Waals surface area contributed by atoms with Gasteiger partial charge in [0.05, 0.1) is 0 Å². The minimum atomic E-state index is -0.147. The standard InChI is InChI=1S/C55H41N/c1-54(2)48-29-36(34-13-7-5-8-14-34)19-23-40(48)42-25-21-38(31-50(42)54)52-44-17-11-12-18-45(44)53(47-33-56-28-27-46(47)52)39-22-26-43-41-24-20-37(35-15-9-6-10-16-35)30-49(41)55(3,4)51(43)32-39/h5-33H,1-4H3. The molecule has 11 rings (SSSR count). The molecule has 0 spiro atoms. The van der Waals surface area contributed by atoms with E-state index in [2.05, 4.69) is 198 Å². The maximum Gasteiger partial charge on any atom is 0.0353 e. The smallest absolute Gasteiger partial charge is 0.0353 e. The van der Waals surface area contributed by atoms with Crippen molar-refractivity contribution in [2.45, 2.75) is 38.5 Å². The van der Waals surface area contributed by atoms with Crippen LogP contribution in [0.25, 0.3) is 88.3 Å². The SMILES string of the molecule is CC1(C)c2cc(-c3ccccc3)ccc2-c2ccc(-c3c4ccccc4c(-c4ccc5c(c4)C(C)(C)c4cc(-c6ccccc6)ccc4-5)c4cnccc34)cc21. The first-order valence-electron chi connectivity index (χ1n) is 19.8. The zero-order valence-electron chi connectivity index (χ0n) is 32.2. The average molecular weight is 716 g/mol. The number of hydrogen-bond donors (Lipinski definition) is 0. The van der Waals surface area contributed by atoms with Crippen molar-refractivity contribution < 1.29 is 0 Å². The summed E-state index contributed by atoms with van der Waals surface area (Å²) in [5, 5.41) is 4.91. The summed E-state index contributed by atoms with van der Waals surface area (Å²) in [6.07, 6.45) is 4.04. The van der Waals surface area contributed by atoms with Crippen LogP contribution in [0, 0.1) is 0 Å². The zero-order chi connectivity index (χ0) is 37.8. The minimum absolute atomic E-state index is 0.144. The van der Waals surface area contributed by atoms with Crippen LogP contribution in [0.3, 0.4) is 0 Å². The van der Waals surface area contributed by atoms with Gasteiger partial charge in [0, 0.05) is 28.6 Å². The summed E-state index contributed by atoms with van der Waals surface area (Å²) in [6, 6.07) is 61.0. The van der Waals surface area contributed by atoms with E-state index in [-0.39, 0.29) is 10.8 Å². The van der Waals surface area contributed by atoms with Crippen molar-refractivity contribution in [1.82, 2.24) is 4.98 Å². The number of pyridine rings is 1. The van der Waals surface area contributed by atoms with Crippen LogP contribution in [0.2, 0.25) is 0 Å². The Labute approximate surface area is 329 Å². The Morgan fingerprint density at radius 1 is 0.321 bits per heavy atom. The lowest BCUT2D eigenvalue weighted by Crippen LogP contribution is -2.15. The van der Waals surface area contributed by atoms with Gasteiger partial charge in [-0.1, -0.05) is 161 Å². The number of benzene rings is 8. The van der Waals surface area contributed by atoms with Gasteiger partial charge in [-0.3, -0.25) is 4.98 Å². The highest BCUT2D eigenvalue weighted by molar-refractivity contribution is 6.21. The average Bonchev–Trinajstić information content (AvgIpc) is 3.61. The third-order valence-electron chi connectivity index (χ3n) is 13.0. The van der Waals surface area contributed by atoms with E-state index in [0.717, 1.165) is 0 Å². The molecule has 0 unspecified atom stereocenters. The first kappa shape index (κ1) is 32.8. The molecule has 0 amide bonds. The van der Waals surface area contributed by atoms with E-state index in [1.165, 1.54) is 111 Å². The molecule has 0 fully saturated rings. The molecular formula is C55H41N. The largest absolute Gasteiger partial charge is 0.264 e. The number of hydrogen-bond acceptors (Lipinski definition) is 1. The van der Waals surface area contributed by atoms with Crippen LogP contribution in [0.4, 0.5) is 0 Å². The van der Waals surface area contributed by atoms with Gasteiger partial charge in [-0.15, -0.1) is 0 Å². The van der Waals surface area contributed by atoms with E-state index in [0.29, 0.717) is 0 Å². The van der Waals surface area contributed by atoms with Crippen molar-refractivity contribution in [2.24, 2.45) is 0 Å². The number of rotatable bonds is 4. The van der Waals surface area contributed by atoms with Gasteiger partial charge in [-0.25, -0.2) is 0 Å². The minimum Gasteiger partial charge on any atom is -0.264 e. The van der Waals surface area contributed by atoms with Crippen LogP contribution in [0.5, 0.6) is 0 Å². The molecule has 1 heterocycles. The fourth-order valence-corrected chi connectivity index (χ4v) is 10.0. The summed E-state index contributed by atoms with van der Waals surface area (Å²) < 4.78 is 0. The number of aromatic nitrogens is 1. The van der Waals surface area contributed by atoms with E-state index >= 15 is 0 Å². The van der Waals surface area contributed by atoms with Crippen LogP contribution in [-0.2, 0) is 10.8 Å². The second kappa shape index (κ2) is 12.0. The topological polar surface area (TPSA) is 12.9 Å². The van der Waals surface area contributed by atoms with Gasteiger partial charge in [0.2, 0.25) is 0 Å². The first-order valence-corrected chi connectivity index (χ1v) is 19.8. The Morgan fingerprint density at radius 3 is 1.12 bits per heavy atom. The third-order valence-corrected chi connectivity index (χ3v) is 13.0. The van der Waals surface area contributed by atoms with Crippen molar-refractivity contribution in [3.05, 3.63) is 198 Å². The molecular weight excluding hydrogens is 675 g/mol. The highest BCUT2D eigenvalue weighted by Gasteiger charge is 2.37. The predicted octanol–water partition coefficient (Wildman–Crippen LogP) is 14.7. The maximum absolute atomic E-state index is 4.75. The maximum atomic E-state index is 4.75. The van der Waals surface area contributed by atoms with E-state index < -0.39 is 0 Å². The second-order valence-corrected chi connectivity index (χ2v) is 16.7. The van der Waals surface area contributed by atoms with Crippen molar-refractivity contribution in [3.63, 3.8) is 0 Å². The molecule has 56 heavy (non-hydrogen) atoms. The molecule has 2 aliphatic rings. The van der Waals surface area contributed by atoms with E-state index in [1.807, 2.05) is 6.20 Å². The Kier molecular flexibility index (Phi) is 7.01. The van der Waals surface area contributed by atoms with Gasteiger partial charge in [0.1, 0.15) is 0 Å². The summed E-state index contributed by atoms with van der Waals surface area (Å²) >= 11 is 0. The van der Waals surface area contributed by atoms with Crippen LogP contribution in [0.15, 0.2) is 176 Å². The highest BCUT2D eigenvalue weighted by atomic mass is 14.6. The molecule has 0 bridgehead atoms. The van der Waals surface area contributed by atoms with Gasteiger partial charge >= 0.3 is 0 Å². The number of fused-ring (bicyclic) bond motifs is 8. The lowest BCUT2D eigenvalue weighted by atomic mass is 9.79. The van der Waals surface area contributed by atoms with Gasteiger partial charge in [-0.2, -0.15) is 0 Å². The third kappa shape index (κ3) is 4.70. The molecule has 1 nitrogen and oxygen atoms in total. The second-order valence-electron chi connectivity index (χ2n) is 16.7. The molecule has 0 N–H and O–H groups in total. The summed E-state index contributed by atoms with van der Waals surface area (Å²) in [4.78, 5) is 4.75. The van der Waals surface area contributed by atoms with Crippen LogP contribution in [-0.4, -0.2) is 4.98 Å². The summed E-state index contributed by atoms with van der Waals surface area (Å²) in [5.74, 6) is 0. The molecule has 9 aromatic rings. The van der Waals surface area contributed by atoms with Gasteiger partial charge in [-0.05, 0) is 136 Å². The van der Waals surface area contributed by atoms with Gasteiger partial charge < -0.3 is 0 Å². The molecule has 0 atom stereocenters. The molecule has 0 aliphatic heterocycles. The molecule has 0 saturated carbocycles. The Morgan fingerprint density at radius 2 is 0.679 bits per heavy atom. The van der Waals surface area contributed by atoms with Crippen LogP contribution < -0.4 is 0 Å². The Hall–Kier alpha value is -6.57. The molecule has 8 aromatic carbocycles. The molecule has 1 aromatic heterocycles. The summed E-state index contributed by atoms with van der Waals surface area (Å²) in [5.41, 5.74) is 20.6. The molecule has 0 radical (unpaired) electrons. The normalized spacial score (nSPS) is 14.4. The summed E-state index contributed by atoms with van der Waals surface area (Å²) in [6.45, 7) is 9.53. The lowest BCUT2D eigenvalue weighted by molar-refractivity contribution is 0.660. The van der Waals surface area contributed by atoms with Crippen LogP contribution in [0.1, 0.15) is 49.9 Å². The van der Waals surface area contributed by atoms with Crippen molar-refractivity contribution in [1.29, 1.82) is 0 Å². The lowest BCUT2D eigenvalue weighted by Gasteiger charge is -2.24. The van der Waals surface area contributed by atoms with E-state index in [4.69, 9.17) is 4.98 Å². The van der Waals surface area contributed by atoms with Crippen molar-refractivity contribution in [3.8, 4) is 66.8 Å². The van der Waals surface area contributed by atoms with E-state index in [9.17, 15) is 0 Å². The van der Waals surface area contributed by atoms with Crippen molar-refractivity contribution >= 4 is 21.5 Å². The first-order chi connectivity index (χ1) is 27.3. The Bertz CT molecular complexity index is 2790.